The molecule has 0 aliphatic heterocycles. The highest BCUT2D eigenvalue weighted by Crippen LogP contribution is 2.49. The van der Waals surface area contributed by atoms with Gasteiger partial charge < -0.3 is 0 Å². The Morgan fingerprint density at radius 1 is 1.27 bits per heavy atom. The van der Waals surface area contributed by atoms with Gasteiger partial charge in [0.05, 0.1) is 0 Å². The van der Waals surface area contributed by atoms with Gasteiger partial charge in [0.2, 0.25) is 0 Å². The summed E-state index contributed by atoms with van der Waals surface area (Å²) in [5.41, 5.74) is 2.18. The third kappa shape index (κ3) is 2.14. The van der Waals surface area contributed by atoms with E-state index in [1.54, 1.807) is 5.57 Å². The molecule has 0 spiro atoms. The Labute approximate surface area is 95.1 Å². The molecular weight excluding hydrogens is 180 g/mol. The highest BCUT2D eigenvalue weighted by atomic mass is 14.4. The number of hydrogen-bond acceptors (Lipinski definition) is 0. The van der Waals surface area contributed by atoms with Crippen LogP contribution in [0.4, 0.5) is 0 Å². The van der Waals surface area contributed by atoms with Crippen LogP contribution in [0.5, 0.6) is 0 Å². The van der Waals surface area contributed by atoms with Crippen molar-refractivity contribution in [1.82, 2.24) is 0 Å². The average Bonchev–Trinajstić information content (AvgIpc) is 2.26. The van der Waals surface area contributed by atoms with Crippen molar-refractivity contribution in [1.29, 1.82) is 0 Å². The molecule has 0 heteroatoms. The first-order chi connectivity index (χ1) is 7.00. The molecule has 0 heterocycles. The van der Waals surface area contributed by atoms with E-state index in [9.17, 15) is 0 Å². The fourth-order valence-electron chi connectivity index (χ4n) is 3.79. The maximum atomic E-state index is 2.61. The van der Waals surface area contributed by atoms with Crippen LogP contribution >= 0.6 is 0 Å². The van der Waals surface area contributed by atoms with Crippen LogP contribution in [-0.2, 0) is 0 Å². The first kappa shape index (κ1) is 11.2. The molecule has 2 rings (SSSR count). The first-order valence-electron chi connectivity index (χ1n) is 6.68. The van der Waals surface area contributed by atoms with Crippen molar-refractivity contribution in [2.75, 3.05) is 0 Å². The molecule has 1 fully saturated rings. The molecule has 3 unspecified atom stereocenters. The monoisotopic (exact) mass is 206 g/mol. The zero-order valence-corrected chi connectivity index (χ0v) is 10.8. The molecule has 3 atom stereocenters. The zero-order valence-electron chi connectivity index (χ0n) is 10.8. The smallest absolute Gasteiger partial charge is 0.0149 e. The van der Waals surface area contributed by atoms with E-state index in [0.29, 0.717) is 5.41 Å². The maximum absolute atomic E-state index is 2.61. The SMILES string of the molecule is CC1=CC2C(CC1)C(C)CCCC2(C)C. The molecule has 0 radical (unpaired) electrons. The summed E-state index contributed by atoms with van der Waals surface area (Å²) in [5, 5.41) is 0. The van der Waals surface area contributed by atoms with E-state index >= 15 is 0 Å². The molecule has 0 amide bonds. The molecule has 86 valence electrons. The Hall–Kier alpha value is -0.260. The summed E-state index contributed by atoms with van der Waals surface area (Å²) < 4.78 is 0. The largest absolute Gasteiger partial charge is 0.0817 e. The highest BCUT2D eigenvalue weighted by Gasteiger charge is 2.40. The van der Waals surface area contributed by atoms with Crippen molar-refractivity contribution in [3.8, 4) is 0 Å². The fraction of sp³-hybridized carbons (Fsp3) is 0.867. The van der Waals surface area contributed by atoms with Crippen molar-refractivity contribution in [2.24, 2.45) is 23.2 Å². The summed E-state index contributed by atoms with van der Waals surface area (Å²) in [5.74, 6) is 2.76. The van der Waals surface area contributed by atoms with Crippen molar-refractivity contribution in [2.45, 2.75) is 59.8 Å². The molecule has 0 nitrogen and oxygen atoms in total. The van der Waals surface area contributed by atoms with Gasteiger partial charge in [-0.15, -0.1) is 0 Å². The van der Waals surface area contributed by atoms with E-state index in [4.69, 9.17) is 0 Å². The van der Waals surface area contributed by atoms with Crippen LogP contribution in [-0.4, -0.2) is 0 Å². The second kappa shape index (κ2) is 3.96. The lowest BCUT2D eigenvalue weighted by atomic mass is 9.64. The summed E-state index contributed by atoms with van der Waals surface area (Å²) in [6, 6.07) is 0. The number of allylic oxidation sites excluding steroid dienone is 2. The Bertz CT molecular complexity index is 259. The van der Waals surface area contributed by atoms with Gasteiger partial charge in [-0.05, 0) is 49.4 Å². The first-order valence-corrected chi connectivity index (χ1v) is 6.68. The Morgan fingerprint density at radius 2 is 2.00 bits per heavy atom. The van der Waals surface area contributed by atoms with Crippen molar-refractivity contribution in [3.63, 3.8) is 0 Å². The van der Waals surface area contributed by atoms with Gasteiger partial charge in [0.25, 0.3) is 0 Å². The molecule has 2 aliphatic carbocycles. The summed E-state index contributed by atoms with van der Waals surface area (Å²) in [6.07, 6.45) is 9.71. The van der Waals surface area contributed by atoms with Gasteiger partial charge in [-0.25, -0.2) is 0 Å². The maximum Gasteiger partial charge on any atom is -0.0149 e. The molecular formula is C15H26. The van der Waals surface area contributed by atoms with Gasteiger partial charge >= 0.3 is 0 Å². The summed E-state index contributed by atoms with van der Waals surface area (Å²) >= 11 is 0. The van der Waals surface area contributed by atoms with E-state index in [1.807, 2.05) is 0 Å². The Morgan fingerprint density at radius 3 is 2.73 bits per heavy atom. The van der Waals surface area contributed by atoms with Crippen LogP contribution in [0.1, 0.15) is 59.8 Å². The summed E-state index contributed by atoms with van der Waals surface area (Å²) in [4.78, 5) is 0. The minimum atomic E-state index is 0.539. The van der Waals surface area contributed by atoms with Gasteiger partial charge in [0.15, 0.2) is 0 Å². The quantitative estimate of drug-likeness (QED) is 0.499. The van der Waals surface area contributed by atoms with E-state index in [-0.39, 0.29) is 0 Å². The minimum Gasteiger partial charge on any atom is -0.0817 e. The molecule has 0 N–H and O–H groups in total. The number of rotatable bonds is 0. The third-order valence-corrected chi connectivity index (χ3v) is 4.91. The second-order valence-electron chi connectivity index (χ2n) is 6.60. The van der Waals surface area contributed by atoms with Crippen LogP contribution in [0.25, 0.3) is 0 Å². The molecule has 0 bridgehead atoms. The molecule has 0 saturated heterocycles. The van der Waals surface area contributed by atoms with E-state index in [2.05, 4.69) is 33.8 Å². The highest BCUT2D eigenvalue weighted by molar-refractivity contribution is 5.11. The van der Waals surface area contributed by atoms with Gasteiger partial charge in [-0.3, -0.25) is 0 Å². The Kier molecular flexibility index (Phi) is 2.96. The lowest BCUT2D eigenvalue weighted by Crippen LogP contribution is -2.32. The topological polar surface area (TPSA) is 0 Å². The molecule has 2 aliphatic rings. The second-order valence-corrected chi connectivity index (χ2v) is 6.60. The van der Waals surface area contributed by atoms with E-state index in [0.717, 1.165) is 17.8 Å². The van der Waals surface area contributed by atoms with Crippen LogP contribution in [0.2, 0.25) is 0 Å². The van der Waals surface area contributed by atoms with Crippen LogP contribution < -0.4 is 0 Å². The zero-order chi connectivity index (χ0) is 11.1. The van der Waals surface area contributed by atoms with Crippen LogP contribution in [0, 0.1) is 23.2 Å². The van der Waals surface area contributed by atoms with Crippen LogP contribution in [0.3, 0.4) is 0 Å². The third-order valence-electron chi connectivity index (χ3n) is 4.91. The predicted octanol–water partition coefficient (Wildman–Crippen LogP) is 4.81. The summed E-state index contributed by atoms with van der Waals surface area (Å²) in [7, 11) is 0. The van der Waals surface area contributed by atoms with Gasteiger partial charge in [0.1, 0.15) is 0 Å². The van der Waals surface area contributed by atoms with Gasteiger partial charge in [-0.1, -0.05) is 45.3 Å². The van der Waals surface area contributed by atoms with Crippen molar-refractivity contribution < 1.29 is 0 Å². The minimum absolute atomic E-state index is 0.539. The van der Waals surface area contributed by atoms with E-state index < -0.39 is 0 Å². The molecule has 0 aromatic rings. The van der Waals surface area contributed by atoms with Crippen molar-refractivity contribution >= 4 is 0 Å². The lowest BCUT2D eigenvalue weighted by molar-refractivity contribution is 0.143. The number of fused-ring (bicyclic) bond motifs is 1. The van der Waals surface area contributed by atoms with Crippen molar-refractivity contribution in [3.05, 3.63) is 11.6 Å². The molecule has 1 saturated carbocycles. The summed E-state index contributed by atoms with van der Waals surface area (Å²) in [6.45, 7) is 9.77. The van der Waals surface area contributed by atoms with E-state index in [1.165, 1.54) is 32.1 Å². The van der Waals surface area contributed by atoms with Gasteiger partial charge in [-0.2, -0.15) is 0 Å². The predicted molar refractivity (Wildman–Crippen MR) is 66.8 cm³/mol. The molecule has 0 aromatic carbocycles. The average molecular weight is 206 g/mol. The van der Waals surface area contributed by atoms with Crippen LogP contribution in [0.15, 0.2) is 11.6 Å². The lowest BCUT2D eigenvalue weighted by Gasteiger charge is -2.41. The van der Waals surface area contributed by atoms with Gasteiger partial charge in [0, 0.05) is 0 Å². The normalized spacial score (nSPS) is 40.3. The standard InChI is InChI=1S/C15H26/c1-11-7-8-13-12(2)6-5-9-15(3,4)14(13)10-11/h10,12-14H,5-9H2,1-4H3. The molecule has 0 aromatic heterocycles. The fourth-order valence-corrected chi connectivity index (χ4v) is 3.79. The Balaban J connectivity index is 2.30. The molecule has 15 heavy (non-hydrogen) atoms. The number of hydrogen-bond donors (Lipinski definition) is 0.